The van der Waals surface area contributed by atoms with E-state index in [-0.39, 0.29) is 5.56 Å². The lowest BCUT2D eigenvalue weighted by Crippen LogP contribution is -2.34. The molecule has 1 aliphatic rings. The Balaban J connectivity index is 1.86. The maximum absolute atomic E-state index is 11.4. The Morgan fingerprint density at radius 1 is 1.38 bits per heavy atom. The van der Waals surface area contributed by atoms with Crippen molar-refractivity contribution in [1.29, 1.82) is 0 Å². The molecule has 1 aromatic heterocycles. The molecule has 2 unspecified atom stereocenters. The number of fused-ring (bicyclic) bond motifs is 1. The van der Waals surface area contributed by atoms with Gasteiger partial charge in [0.25, 0.3) is 5.56 Å². The van der Waals surface area contributed by atoms with Gasteiger partial charge in [0.15, 0.2) is 5.16 Å². The van der Waals surface area contributed by atoms with Crippen molar-refractivity contribution in [1.82, 2.24) is 15.3 Å². The first-order valence-corrected chi connectivity index (χ1v) is 8.19. The van der Waals surface area contributed by atoms with Crippen LogP contribution in [0.3, 0.4) is 0 Å². The molecule has 0 saturated heterocycles. The number of hydrogen-bond acceptors (Lipinski definition) is 4. The zero-order valence-corrected chi connectivity index (χ0v) is 12.8. The highest BCUT2D eigenvalue weighted by molar-refractivity contribution is 7.99. The lowest BCUT2D eigenvalue weighted by atomic mass is 9.87. The summed E-state index contributed by atoms with van der Waals surface area (Å²) in [4.78, 5) is 18.5. The molecule has 4 nitrogen and oxygen atoms in total. The van der Waals surface area contributed by atoms with Crippen LogP contribution in [0.2, 0.25) is 0 Å². The Hall–Kier alpha value is -1.59. The second-order valence-corrected chi connectivity index (χ2v) is 6.40. The Morgan fingerprint density at radius 3 is 3.05 bits per heavy atom. The molecular weight excluding hydrogens is 282 g/mol. The third-order valence-electron chi connectivity index (χ3n) is 3.80. The smallest absolute Gasteiger partial charge is 0.251 e. The third kappa shape index (κ3) is 3.19. The summed E-state index contributed by atoms with van der Waals surface area (Å²) >= 11 is 1.66. The molecule has 0 spiro atoms. The molecule has 0 bridgehead atoms. The summed E-state index contributed by atoms with van der Waals surface area (Å²) in [6, 6.07) is 10.4. The molecule has 0 amide bonds. The number of nitrogens with one attached hydrogen (secondary N) is 2. The molecule has 2 N–H and O–H groups in total. The molecule has 1 aromatic carbocycles. The molecule has 3 rings (SSSR count). The molecule has 0 saturated carbocycles. The van der Waals surface area contributed by atoms with Crippen LogP contribution in [0, 0.1) is 0 Å². The van der Waals surface area contributed by atoms with Gasteiger partial charge in [0.2, 0.25) is 0 Å². The fourth-order valence-corrected chi connectivity index (χ4v) is 4.06. The van der Waals surface area contributed by atoms with Crippen molar-refractivity contribution in [3.8, 4) is 0 Å². The molecule has 1 heterocycles. The Morgan fingerprint density at radius 2 is 2.24 bits per heavy atom. The van der Waals surface area contributed by atoms with E-state index in [1.54, 1.807) is 18.0 Å². The van der Waals surface area contributed by atoms with Crippen LogP contribution in [0.5, 0.6) is 0 Å². The fraction of sp³-hybridized carbons (Fsp3) is 0.375. The Labute approximate surface area is 128 Å². The van der Waals surface area contributed by atoms with Gasteiger partial charge in [-0.25, -0.2) is 4.98 Å². The van der Waals surface area contributed by atoms with E-state index in [0.717, 1.165) is 19.4 Å². The fourth-order valence-electron chi connectivity index (χ4n) is 2.87. The largest absolute Gasteiger partial charge is 0.309 e. The van der Waals surface area contributed by atoms with Gasteiger partial charge < -0.3 is 10.3 Å². The number of aryl methyl sites for hydroxylation is 1. The van der Waals surface area contributed by atoms with Crippen LogP contribution in [-0.4, -0.2) is 21.8 Å². The highest BCUT2D eigenvalue weighted by atomic mass is 32.2. The minimum absolute atomic E-state index is 0.0938. The van der Waals surface area contributed by atoms with Crippen LogP contribution in [0.1, 0.15) is 30.5 Å². The van der Waals surface area contributed by atoms with Crippen LogP contribution >= 0.6 is 11.8 Å². The molecule has 0 aliphatic heterocycles. The van der Waals surface area contributed by atoms with Crippen LogP contribution in [0.25, 0.3) is 0 Å². The van der Waals surface area contributed by atoms with Gasteiger partial charge in [0.05, 0.1) is 0 Å². The SMILES string of the molecule is CCNC1c2ccccc2CCC1Sc1nccc(=O)[nH]1. The van der Waals surface area contributed by atoms with Gasteiger partial charge in [-0.15, -0.1) is 0 Å². The minimum Gasteiger partial charge on any atom is -0.309 e. The van der Waals surface area contributed by atoms with Gasteiger partial charge in [-0.05, 0) is 30.5 Å². The molecule has 110 valence electrons. The van der Waals surface area contributed by atoms with Gasteiger partial charge >= 0.3 is 0 Å². The summed E-state index contributed by atoms with van der Waals surface area (Å²) in [7, 11) is 0. The van der Waals surface area contributed by atoms with Crippen LogP contribution in [-0.2, 0) is 6.42 Å². The normalized spacial score (nSPS) is 21.0. The van der Waals surface area contributed by atoms with Crippen LogP contribution in [0.4, 0.5) is 0 Å². The summed E-state index contributed by atoms with van der Waals surface area (Å²) < 4.78 is 0. The summed E-state index contributed by atoms with van der Waals surface area (Å²) in [6.07, 6.45) is 3.73. The zero-order valence-electron chi connectivity index (χ0n) is 12.0. The minimum atomic E-state index is -0.0938. The molecule has 0 fully saturated rings. The number of rotatable bonds is 4. The van der Waals surface area contributed by atoms with Crippen LogP contribution in [0.15, 0.2) is 46.5 Å². The second kappa shape index (κ2) is 6.45. The van der Waals surface area contributed by atoms with Gasteiger partial charge in [-0.3, -0.25) is 4.79 Å². The summed E-state index contributed by atoms with van der Waals surface area (Å²) in [5, 5.41) is 4.67. The van der Waals surface area contributed by atoms with Crippen LogP contribution < -0.4 is 10.9 Å². The van der Waals surface area contributed by atoms with Gasteiger partial charge in [0, 0.05) is 23.6 Å². The van der Waals surface area contributed by atoms with E-state index in [9.17, 15) is 4.79 Å². The maximum atomic E-state index is 11.4. The van der Waals surface area contributed by atoms with E-state index in [2.05, 4.69) is 46.5 Å². The molecule has 21 heavy (non-hydrogen) atoms. The highest BCUT2D eigenvalue weighted by Crippen LogP contribution is 2.38. The molecule has 0 radical (unpaired) electrons. The molecular formula is C16H19N3OS. The number of H-pyrrole nitrogens is 1. The van der Waals surface area contributed by atoms with Crippen molar-refractivity contribution in [3.05, 3.63) is 58.0 Å². The van der Waals surface area contributed by atoms with E-state index in [0.29, 0.717) is 16.4 Å². The van der Waals surface area contributed by atoms with E-state index in [1.807, 2.05) is 0 Å². The van der Waals surface area contributed by atoms with E-state index in [1.165, 1.54) is 17.2 Å². The monoisotopic (exact) mass is 301 g/mol. The molecule has 2 atom stereocenters. The number of thioether (sulfide) groups is 1. The molecule has 5 heteroatoms. The first-order valence-electron chi connectivity index (χ1n) is 7.31. The first kappa shape index (κ1) is 14.4. The number of aromatic amines is 1. The Bertz CT molecular complexity index is 670. The van der Waals surface area contributed by atoms with Crippen molar-refractivity contribution in [3.63, 3.8) is 0 Å². The number of aromatic nitrogens is 2. The summed E-state index contributed by atoms with van der Waals surface area (Å²) in [5.74, 6) is 0. The van der Waals surface area contributed by atoms with Crippen molar-refractivity contribution >= 4 is 11.8 Å². The van der Waals surface area contributed by atoms with E-state index < -0.39 is 0 Å². The average molecular weight is 301 g/mol. The van der Waals surface area contributed by atoms with Crippen molar-refractivity contribution in [2.24, 2.45) is 0 Å². The third-order valence-corrected chi connectivity index (χ3v) is 5.04. The van der Waals surface area contributed by atoms with Gasteiger partial charge in [-0.1, -0.05) is 43.0 Å². The molecule has 2 aromatic rings. The molecule has 1 aliphatic carbocycles. The zero-order chi connectivity index (χ0) is 14.7. The van der Waals surface area contributed by atoms with E-state index >= 15 is 0 Å². The standard InChI is InChI=1S/C16H19N3OS/c1-2-17-15-12-6-4-3-5-11(12)7-8-13(15)21-16-18-10-9-14(20)19-16/h3-6,9-10,13,15,17H,2,7-8H2,1H3,(H,18,19,20). The quantitative estimate of drug-likeness (QED) is 0.852. The number of nitrogens with zero attached hydrogens (tertiary/aromatic N) is 1. The lowest BCUT2D eigenvalue weighted by Gasteiger charge is -2.33. The van der Waals surface area contributed by atoms with Crippen molar-refractivity contribution in [2.75, 3.05) is 6.54 Å². The summed E-state index contributed by atoms with van der Waals surface area (Å²) in [5.41, 5.74) is 2.71. The van der Waals surface area contributed by atoms with Crippen molar-refractivity contribution < 1.29 is 0 Å². The summed E-state index contributed by atoms with van der Waals surface area (Å²) in [6.45, 7) is 3.05. The predicted octanol–water partition coefficient (Wildman–Crippen LogP) is 2.53. The number of hydrogen-bond donors (Lipinski definition) is 2. The highest BCUT2D eigenvalue weighted by Gasteiger charge is 2.29. The Kier molecular flexibility index (Phi) is 4.41. The lowest BCUT2D eigenvalue weighted by molar-refractivity contribution is 0.483. The van der Waals surface area contributed by atoms with E-state index in [4.69, 9.17) is 0 Å². The first-order chi connectivity index (χ1) is 10.3. The van der Waals surface area contributed by atoms with Gasteiger partial charge in [-0.2, -0.15) is 0 Å². The second-order valence-electron chi connectivity index (χ2n) is 5.17. The topological polar surface area (TPSA) is 57.8 Å². The predicted molar refractivity (Wildman–Crippen MR) is 85.7 cm³/mol. The average Bonchev–Trinajstić information content (AvgIpc) is 2.50. The number of benzene rings is 1. The maximum Gasteiger partial charge on any atom is 0.251 e. The van der Waals surface area contributed by atoms with Gasteiger partial charge in [0.1, 0.15) is 0 Å². The van der Waals surface area contributed by atoms with Crippen molar-refractivity contribution in [2.45, 2.75) is 36.2 Å².